The fourth-order valence-electron chi connectivity index (χ4n) is 5.04. The molecule has 1 amide bonds. The van der Waals surface area contributed by atoms with Crippen molar-refractivity contribution in [3.8, 4) is 5.75 Å². The number of aromatic nitrogens is 2. The molecule has 194 valence electrons. The number of piperazine rings is 1. The molecule has 0 atom stereocenters. The fraction of sp³-hybridized carbons (Fsp3) is 0.414. The predicted octanol–water partition coefficient (Wildman–Crippen LogP) is 3.40. The summed E-state index contributed by atoms with van der Waals surface area (Å²) in [5.41, 5.74) is 4.40. The Hall–Kier alpha value is -3.81. The molecule has 0 saturated carbocycles. The molecule has 5 rings (SSSR count). The summed E-state index contributed by atoms with van der Waals surface area (Å²) in [5.74, 6) is 2.67. The second-order valence-electron chi connectivity index (χ2n) is 9.69. The zero-order chi connectivity index (χ0) is 25.8. The van der Waals surface area contributed by atoms with Crippen molar-refractivity contribution >= 4 is 23.4 Å². The molecular weight excluding hydrogens is 464 g/mol. The van der Waals surface area contributed by atoms with Crippen molar-refractivity contribution in [1.82, 2.24) is 14.9 Å². The number of nitrogens with zero attached hydrogens (tertiary/aromatic N) is 6. The van der Waals surface area contributed by atoms with Crippen LogP contribution in [0.1, 0.15) is 23.7 Å². The number of fused-ring (bicyclic) bond motifs is 1. The third kappa shape index (κ3) is 5.48. The van der Waals surface area contributed by atoms with Crippen LogP contribution in [0.25, 0.3) is 0 Å². The second-order valence-corrected chi connectivity index (χ2v) is 9.69. The minimum atomic E-state index is 0.127. The van der Waals surface area contributed by atoms with Gasteiger partial charge in [0.05, 0.1) is 25.8 Å². The van der Waals surface area contributed by atoms with E-state index < -0.39 is 0 Å². The number of para-hydroxylation sites is 1. The largest absolute Gasteiger partial charge is 0.497 e. The number of hydrogen-bond acceptors (Lipinski definition) is 7. The summed E-state index contributed by atoms with van der Waals surface area (Å²) in [6.07, 6.45) is 1.12. The molecule has 1 saturated heterocycles. The Bertz CT molecular complexity index is 1210. The van der Waals surface area contributed by atoms with Gasteiger partial charge in [0, 0.05) is 64.0 Å². The molecule has 1 fully saturated rings. The normalized spacial score (nSPS) is 15.4. The van der Waals surface area contributed by atoms with Crippen LogP contribution in [0.2, 0.25) is 0 Å². The van der Waals surface area contributed by atoms with Crippen LogP contribution in [0.15, 0.2) is 54.6 Å². The molecule has 2 aromatic carbocycles. The maximum Gasteiger partial charge on any atom is 0.227 e. The summed E-state index contributed by atoms with van der Waals surface area (Å²) in [6.45, 7) is 7.84. The second kappa shape index (κ2) is 11.1. The Morgan fingerprint density at radius 2 is 1.65 bits per heavy atom. The van der Waals surface area contributed by atoms with Gasteiger partial charge in [0.2, 0.25) is 11.9 Å². The first-order valence-electron chi connectivity index (χ1n) is 13.1. The van der Waals surface area contributed by atoms with Gasteiger partial charge in [0.25, 0.3) is 0 Å². The average Bonchev–Trinajstić information content (AvgIpc) is 2.96. The van der Waals surface area contributed by atoms with Gasteiger partial charge in [-0.3, -0.25) is 4.79 Å². The van der Waals surface area contributed by atoms with Crippen molar-refractivity contribution in [3.05, 3.63) is 71.4 Å². The molecule has 0 spiro atoms. The van der Waals surface area contributed by atoms with Gasteiger partial charge in [-0.15, -0.1) is 0 Å². The van der Waals surface area contributed by atoms with Gasteiger partial charge >= 0.3 is 0 Å². The Morgan fingerprint density at radius 1 is 0.946 bits per heavy atom. The summed E-state index contributed by atoms with van der Waals surface area (Å²) in [4.78, 5) is 32.1. The Balaban J connectivity index is 1.31. The molecule has 37 heavy (non-hydrogen) atoms. The minimum absolute atomic E-state index is 0.127. The van der Waals surface area contributed by atoms with Gasteiger partial charge in [0.1, 0.15) is 11.6 Å². The number of anilines is 3. The lowest BCUT2D eigenvalue weighted by Crippen LogP contribution is -2.47. The van der Waals surface area contributed by atoms with Crippen LogP contribution in [0.4, 0.5) is 17.5 Å². The summed E-state index contributed by atoms with van der Waals surface area (Å²) < 4.78 is 5.23. The topological polar surface area (TPSA) is 65.0 Å². The Kier molecular flexibility index (Phi) is 7.44. The van der Waals surface area contributed by atoms with Crippen LogP contribution >= 0.6 is 0 Å². The summed E-state index contributed by atoms with van der Waals surface area (Å²) in [5, 5.41) is 0. The van der Waals surface area contributed by atoms with E-state index in [9.17, 15) is 4.79 Å². The lowest BCUT2D eigenvalue weighted by molar-refractivity contribution is -0.131. The number of carbonyl (C=O) groups is 1. The van der Waals surface area contributed by atoms with E-state index >= 15 is 0 Å². The highest BCUT2D eigenvalue weighted by Gasteiger charge is 2.28. The van der Waals surface area contributed by atoms with Crippen molar-refractivity contribution in [1.29, 1.82) is 0 Å². The third-order valence-corrected chi connectivity index (χ3v) is 7.41. The van der Waals surface area contributed by atoms with E-state index in [-0.39, 0.29) is 5.91 Å². The van der Waals surface area contributed by atoms with E-state index in [0.29, 0.717) is 19.5 Å². The van der Waals surface area contributed by atoms with Gasteiger partial charge in [-0.05, 0) is 36.8 Å². The molecule has 8 heteroatoms. The van der Waals surface area contributed by atoms with Gasteiger partial charge in [-0.2, -0.15) is 4.98 Å². The Morgan fingerprint density at radius 3 is 2.32 bits per heavy atom. The van der Waals surface area contributed by atoms with Crippen LogP contribution in [0, 0.1) is 0 Å². The van der Waals surface area contributed by atoms with E-state index in [2.05, 4.69) is 59.0 Å². The lowest BCUT2D eigenvalue weighted by atomic mass is 10.0. The molecule has 0 bridgehead atoms. The molecular formula is C29H36N6O2. The maximum absolute atomic E-state index is 13.2. The van der Waals surface area contributed by atoms with Gasteiger partial charge in [0.15, 0.2) is 0 Å². The van der Waals surface area contributed by atoms with Crippen molar-refractivity contribution in [2.75, 3.05) is 68.1 Å². The molecule has 8 nitrogen and oxygen atoms in total. The zero-order valence-electron chi connectivity index (χ0n) is 22.1. The van der Waals surface area contributed by atoms with E-state index in [1.807, 2.05) is 29.2 Å². The smallest absolute Gasteiger partial charge is 0.227 e. The van der Waals surface area contributed by atoms with E-state index in [0.717, 1.165) is 73.5 Å². The third-order valence-electron chi connectivity index (χ3n) is 7.41. The van der Waals surface area contributed by atoms with E-state index in [4.69, 9.17) is 14.7 Å². The number of carbonyl (C=O) groups excluding carboxylic acids is 1. The molecule has 3 heterocycles. The summed E-state index contributed by atoms with van der Waals surface area (Å²) >= 11 is 0. The number of amides is 1. The standard InChI is InChI=1S/C29H36N6O2/c1-4-32(2)28-25-21-35(27(36)20-22-10-12-24(37-3)13-11-22)15-14-26(25)30-29(31-28)34-18-16-33(17-19-34)23-8-6-5-7-9-23/h5-13H,4,14-21H2,1-3H3. The average molecular weight is 501 g/mol. The highest BCUT2D eigenvalue weighted by Crippen LogP contribution is 2.29. The highest BCUT2D eigenvalue weighted by molar-refractivity contribution is 5.79. The van der Waals surface area contributed by atoms with Gasteiger partial charge in [-0.1, -0.05) is 30.3 Å². The van der Waals surface area contributed by atoms with Crippen molar-refractivity contribution in [2.24, 2.45) is 0 Å². The maximum atomic E-state index is 13.2. The van der Waals surface area contributed by atoms with Crippen molar-refractivity contribution in [2.45, 2.75) is 26.3 Å². The quantitative estimate of drug-likeness (QED) is 0.493. The van der Waals surface area contributed by atoms with E-state index in [1.165, 1.54) is 5.69 Å². The molecule has 2 aliphatic rings. The number of methoxy groups -OCH3 is 1. The predicted molar refractivity (Wildman–Crippen MR) is 148 cm³/mol. The number of benzene rings is 2. The number of ether oxygens (including phenoxy) is 1. The van der Waals surface area contributed by atoms with Crippen LogP contribution in [0.3, 0.4) is 0 Å². The van der Waals surface area contributed by atoms with Crippen LogP contribution < -0.4 is 19.4 Å². The van der Waals surface area contributed by atoms with E-state index in [1.54, 1.807) is 7.11 Å². The fourth-order valence-corrected chi connectivity index (χ4v) is 5.04. The molecule has 3 aromatic rings. The molecule has 0 unspecified atom stereocenters. The van der Waals surface area contributed by atoms with Gasteiger partial charge < -0.3 is 24.3 Å². The van der Waals surface area contributed by atoms with Crippen LogP contribution in [-0.4, -0.2) is 74.2 Å². The van der Waals surface area contributed by atoms with Crippen molar-refractivity contribution < 1.29 is 9.53 Å². The van der Waals surface area contributed by atoms with Gasteiger partial charge in [-0.25, -0.2) is 4.98 Å². The summed E-state index contributed by atoms with van der Waals surface area (Å²) in [6, 6.07) is 18.3. The first-order valence-corrected chi connectivity index (χ1v) is 13.1. The molecule has 0 radical (unpaired) electrons. The van der Waals surface area contributed by atoms with Crippen molar-refractivity contribution in [3.63, 3.8) is 0 Å². The SMILES string of the molecule is CCN(C)c1nc(N2CCN(c3ccccc3)CC2)nc2c1CN(C(=O)Cc1ccc(OC)cc1)CC2. The lowest BCUT2D eigenvalue weighted by Gasteiger charge is -2.37. The molecule has 1 aromatic heterocycles. The number of rotatable bonds is 7. The molecule has 0 N–H and O–H groups in total. The van der Waals surface area contributed by atoms with Crippen LogP contribution in [0.5, 0.6) is 5.75 Å². The number of hydrogen-bond donors (Lipinski definition) is 0. The summed E-state index contributed by atoms with van der Waals surface area (Å²) in [7, 11) is 3.71. The molecule has 0 aliphatic carbocycles. The van der Waals surface area contributed by atoms with Crippen LogP contribution in [-0.2, 0) is 24.2 Å². The minimum Gasteiger partial charge on any atom is -0.497 e. The Labute approximate surface area is 219 Å². The first-order chi connectivity index (χ1) is 18.1. The highest BCUT2D eigenvalue weighted by atomic mass is 16.5. The molecule has 2 aliphatic heterocycles. The zero-order valence-corrected chi connectivity index (χ0v) is 22.1. The monoisotopic (exact) mass is 500 g/mol. The first kappa shape index (κ1) is 24.9.